The molecule has 0 atom stereocenters. The van der Waals surface area contributed by atoms with Crippen molar-refractivity contribution >= 4 is 23.1 Å². The molecule has 0 fully saturated rings. The maximum absolute atomic E-state index is 4.42. The third-order valence-corrected chi connectivity index (χ3v) is 4.42. The molecule has 0 aliphatic carbocycles. The van der Waals surface area contributed by atoms with Crippen LogP contribution in [0, 0.1) is 6.92 Å². The van der Waals surface area contributed by atoms with Gasteiger partial charge in [-0.1, -0.05) is 11.8 Å². The summed E-state index contributed by atoms with van der Waals surface area (Å²) in [6, 6.07) is 0. The number of aryl methyl sites for hydroxylation is 3. The first kappa shape index (κ1) is 11.7. The number of hydrogen-bond donors (Lipinski definition) is 0. The molecule has 2 aromatic rings. The Bertz CT molecular complexity index is 405. The average molecular weight is 253 g/mol. The molecule has 5 heteroatoms. The van der Waals surface area contributed by atoms with Gasteiger partial charge in [0.25, 0.3) is 0 Å². The fourth-order valence-electron chi connectivity index (χ4n) is 1.44. The third-order valence-electron chi connectivity index (χ3n) is 2.19. The number of nitrogens with zero attached hydrogens (tertiary/aromatic N) is 3. The highest BCUT2D eigenvalue weighted by Gasteiger charge is 2.00. The third kappa shape index (κ3) is 3.35. The highest BCUT2D eigenvalue weighted by atomic mass is 32.2. The van der Waals surface area contributed by atoms with Crippen LogP contribution >= 0.6 is 23.1 Å². The largest absolute Gasteiger partial charge is 0.276 e. The van der Waals surface area contributed by atoms with E-state index in [-0.39, 0.29) is 0 Å². The Hall–Kier alpha value is -0.810. The van der Waals surface area contributed by atoms with E-state index in [2.05, 4.69) is 21.7 Å². The molecule has 0 aliphatic heterocycles. The lowest BCUT2D eigenvalue weighted by Crippen LogP contribution is -1.87. The Morgan fingerprint density at radius 2 is 2.38 bits per heavy atom. The van der Waals surface area contributed by atoms with Crippen molar-refractivity contribution < 1.29 is 0 Å². The second-order valence-corrected chi connectivity index (χ2v) is 5.93. The van der Waals surface area contributed by atoms with Crippen LogP contribution in [0.4, 0.5) is 0 Å². The van der Waals surface area contributed by atoms with Crippen LogP contribution in [0.3, 0.4) is 0 Å². The van der Waals surface area contributed by atoms with Crippen molar-refractivity contribution in [1.82, 2.24) is 14.8 Å². The van der Waals surface area contributed by atoms with Gasteiger partial charge in [-0.25, -0.2) is 4.98 Å². The van der Waals surface area contributed by atoms with Gasteiger partial charge in [0.05, 0.1) is 6.20 Å². The Kier molecular flexibility index (Phi) is 4.01. The van der Waals surface area contributed by atoms with E-state index in [1.165, 1.54) is 16.3 Å². The number of rotatable bonds is 5. The molecule has 0 spiro atoms. The summed E-state index contributed by atoms with van der Waals surface area (Å²) in [5.41, 5.74) is 2.44. The summed E-state index contributed by atoms with van der Waals surface area (Å²) in [5, 5.41) is 6.26. The van der Waals surface area contributed by atoms with E-state index in [0.717, 1.165) is 17.9 Å². The Morgan fingerprint density at radius 3 is 3.00 bits per heavy atom. The van der Waals surface area contributed by atoms with Crippen LogP contribution < -0.4 is 0 Å². The van der Waals surface area contributed by atoms with Gasteiger partial charge in [0.15, 0.2) is 0 Å². The van der Waals surface area contributed by atoms with Crippen molar-refractivity contribution in [3.8, 4) is 0 Å². The fraction of sp³-hybridized carbons (Fsp3) is 0.455. The van der Waals surface area contributed by atoms with E-state index in [0.29, 0.717) is 0 Å². The van der Waals surface area contributed by atoms with Crippen LogP contribution in [0.1, 0.15) is 17.7 Å². The van der Waals surface area contributed by atoms with Crippen LogP contribution in [-0.2, 0) is 13.5 Å². The number of thioether (sulfide) groups is 1. The zero-order chi connectivity index (χ0) is 11.4. The lowest BCUT2D eigenvalue weighted by molar-refractivity contribution is 0.766. The van der Waals surface area contributed by atoms with Gasteiger partial charge < -0.3 is 0 Å². The summed E-state index contributed by atoms with van der Waals surface area (Å²) in [6.45, 7) is 2.04. The summed E-state index contributed by atoms with van der Waals surface area (Å²) in [6.07, 6.45) is 6.30. The minimum absolute atomic E-state index is 1.10. The van der Waals surface area contributed by atoms with E-state index in [9.17, 15) is 0 Å². The Labute approximate surface area is 104 Å². The molecule has 86 valence electrons. The molecule has 2 heterocycles. The smallest absolute Gasteiger partial charge is 0.150 e. The van der Waals surface area contributed by atoms with Gasteiger partial charge in [-0.3, -0.25) is 4.68 Å². The van der Waals surface area contributed by atoms with Gasteiger partial charge in [-0.05, 0) is 25.3 Å². The van der Waals surface area contributed by atoms with Crippen LogP contribution in [-0.4, -0.2) is 20.5 Å². The quantitative estimate of drug-likeness (QED) is 0.606. The fourth-order valence-corrected chi connectivity index (χ4v) is 3.29. The Morgan fingerprint density at radius 1 is 1.50 bits per heavy atom. The van der Waals surface area contributed by atoms with Gasteiger partial charge in [-0.2, -0.15) is 5.10 Å². The summed E-state index contributed by atoms with van der Waals surface area (Å²) in [4.78, 5) is 4.42. The molecule has 2 aromatic heterocycles. The average Bonchev–Trinajstić information content (AvgIpc) is 2.83. The van der Waals surface area contributed by atoms with Gasteiger partial charge in [0.1, 0.15) is 4.34 Å². The highest BCUT2D eigenvalue weighted by molar-refractivity contribution is 8.00. The van der Waals surface area contributed by atoms with Crippen LogP contribution in [0.15, 0.2) is 22.1 Å². The lowest BCUT2D eigenvalue weighted by atomic mass is 10.2. The maximum Gasteiger partial charge on any atom is 0.150 e. The van der Waals surface area contributed by atoms with Crippen molar-refractivity contribution in [3.05, 3.63) is 29.0 Å². The normalized spacial score (nSPS) is 10.9. The molecule has 0 saturated carbocycles. The van der Waals surface area contributed by atoms with Gasteiger partial charge in [-0.15, -0.1) is 11.3 Å². The molecular formula is C11H15N3S2. The summed E-state index contributed by atoms with van der Waals surface area (Å²) < 4.78 is 3.04. The van der Waals surface area contributed by atoms with E-state index >= 15 is 0 Å². The molecule has 3 nitrogen and oxygen atoms in total. The van der Waals surface area contributed by atoms with Gasteiger partial charge in [0, 0.05) is 30.1 Å². The molecule has 0 saturated heterocycles. The van der Waals surface area contributed by atoms with Crippen LogP contribution in [0.5, 0.6) is 0 Å². The maximum atomic E-state index is 4.42. The Balaban J connectivity index is 1.69. The van der Waals surface area contributed by atoms with Crippen molar-refractivity contribution in [2.75, 3.05) is 5.75 Å². The van der Waals surface area contributed by atoms with E-state index in [1.807, 2.05) is 36.6 Å². The molecule has 0 amide bonds. The van der Waals surface area contributed by atoms with Gasteiger partial charge in [0.2, 0.25) is 0 Å². The first-order valence-corrected chi connectivity index (χ1v) is 7.13. The number of hydrogen-bond acceptors (Lipinski definition) is 4. The van der Waals surface area contributed by atoms with E-state index in [4.69, 9.17) is 0 Å². The summed E-state index contributed by atoms with van der Waals surface area (Å²) in [7, 11) is 1.95. The minimum Gasteiger partial charge on any atom is -0.276 e. The predicted molar refractivity (Wildman–Crippen MR) is 69.1 cm³/mol. The van der Waals surface area contributed by atoms with Crippen molar-refractivity contribution in [1.29, 1.82) is 0 Å². The zero-order valence-corrected chi connectivity index (χ0v) is 11.1. The molecule has 0 aliphatic rings. The molecule has 16 heavy (non-hydrogen) atoms. The minimum atomic E-state index is 1.10. The first-order valence-electron chi connectivity index (χ1n) is 5.26. The SMILES string of the molecule is Cc1csc(SCCCc2cnn(C)c2)n1. The van der Waals surface area contributed by atoms with Crippen LogP contribution in [0.25, 0.3) is 0 Å². The predicted octanol–water partition coefficient (Wildman–Crippen LogP) is 2.91. The van der Waals surface area contributed by atoms with Crippen molar-refractivity contribution in [3.63, 3.8) is 0 Å². The zero-order valence-electron chi connectivity index (χ0n) is 9.51. The molecule has 0 unspecified atom stereocenters. The highest BCUT2D eigenvalue weighted by Crippen LogP contribution is 2.23. The lowest BCUT2D eigenvalue weighted by Gasteiger charge is -1.96. The van der Waals surface area contributed by atoms with E-state index in [1.54, 1.807) is 11.3 Å². The molecule has 2 rings (SSSR count). The second kappa shape index (κ2) is 5.50. The molecular weight excluding hydrogens is 238 g/mol. The monoisotopic (exact) mass is 253 g/mol. The van der Waals surface area contributed by atoms with Crippen molar-refractivity contribution in [2.24, 2.45) is 7.05 Å². The molecule has 0 N–H and O–H groups in total. The van der Waals surface area contributed by atoms with E-state index < -0.39 is 0 Å². The molecule has 0 aromatic carbocycles. The topological polar surface area (TPSA) is 30.7 Å². The second-order valence-electron chi connectivity index (χ2n) is 3.73. The standard InChI is InChI=1S/C11H15N3S2/c1-9-8-16-11(13-9)15-5-3-4-10-6-12-14(2)7-10/h6-8H,3-5H2,1-2H3. The molecule has 0 bridgehead atoms. The van der Waals surface area contributed by atoms with Crippen LogP contribution in [0.2, 0.25) is 0 Å². The number of aromatic nitrogens is 3. The van der Waals surface area contributed by atoms with Gasteiger partial charge >= 0.3 is 0 Å². The number of thiazole rings is 1. The summed E-state index contributed by atoms with van der Waals surface area (Å²) >= 11 is 3.58. The first-order chi connectivity index (χ1) is 7.74. The van der Waals surface area contributed by atoms with Crippen molar-refractivity contribution in [2.45, 2.75) is 24.1 Å². The molecule has 0 radical (unpaired) electrons. The summed E-state index contributed by atoms with van der Waals surface area (Å²) in [5.74, 6) is 1.13.